The SMILES string of the molecule is FC(F)c1cc(-c2c(Cl)cccc2Oc2ncc(Cl)cn2)on1. The van der Waals surface area contributed by atoms with Gasteiger partial charge in [-0.15, -0.1) is 0 Å². The summed E-state index contributed by atoms with van der Waals surface area (Å²) in [5.41, 5.74) is -0.222. The Morgan fingerprint density at radius 3 is 2.52 bits per heavy atom. The van der Waals surface area contributed by atoms with E-state index in [2.05, 4.69) is 15.1 Å². The van der Waals surface area contributed by atoms with Crippen LogP contribution in [0.15, 0.2) is 41.2 Å². The van der Waals surface area contributed by atoms with Crippen molar-refractivity contribution in [2.45, 2.75) is 6.43 Å². The first kappa shape index (κ1) is 15.6. The minimum atomic E-state index is -2.75. The molecule has 3 rings (SSSR count). The van der Waals surface area contributed by atoms with Crippen molar-refractivity contribution in [3.8, 4) is 23.1 Å². The Balaban J connectivity index is 2.00. The summed E-state index contributed by atoms with van der Waals surface area (Å²) in [5.74, 6) is 0.284. The van der Waals surface area contributed by atoms with Crippen molar-refractivity contribution >= 4 is 23.2 Å². The van der Waals surface area contributed by atoms with E-state index in [0.717, 1.165) is 6.07 Å². The van der Waals surface area contributed by atoms with Gasteiger partial charge in [0, 0.05) is 6.07 Å². The van der Waals surface area contributed by atoms with E-state index >= 15 is 0 Å². The van der Waals surface area contributed by atoms with Crippen molar-refractivity contribution in [1.29, 1.82) is 0 Å². The second kappa shape index (κ2) is 6.47. The third kappa shape index (κ3) is 3.40. The standard InChI is InChI=1S/C14H7Cl2F2N3O2/c15-7-5-19-14(20-6-7)22-10-3-1-2-8(16)12(10)11-4-9(13(17)18)21-23-11/h1-6,13H. The molecule has 0 amide bonds. The first-order valence-corrected chi connectivity index (χ1v) is 6.99. The van der Waals surface area contributed by atoms with Crippen LogP contribution in [-0.4, -0.2) is 15.1 Å². The number of hydrogen-bond donors (Lipinski definition) is 0. The number of halogens is 4. The molecule has 0 bridgehead atoms. The third-order valence-corrected chi connectivity index (χ3v) is 3.28. The van der Waals surface area contributed by atoms with E-state index in [1.165, 1.54) is 12.4 Å². The lowest BCUT2D eigenvalue weighted by atomic mass is 10.1. The molecule has 5 nitrogen and oxygen atoms in total. The fourth-order valence-electron chi connectivity index (χ4n) is 1.79. The molecule has 0 aliphatic rings. The van der Waals surface area contributed by atoms with Crippen LogP contribution in [0.4, 0.5) is 8.78 Å². The van der Waals surface area contributed by atoms with Gasteiger partial charge in [0.05, 0.1) is 28.0 Å². The lowest BCUT2D eigenvalue weighted by molar-refractivity contribution is 0.140. The lowest BCUT2D eigenvalue weighted by Crippen LogP contribution is -1.93. The van der Waals surface area contributed by atoms with Crippen molar-refractivity contribution in [2.24, 2.45) is 0 Å². The van der Waals surface area contributed by atoms with Gasteiger partial charge in [-0.25, -0.2) is 18.7 Å². The normalized spacial score (nSPS) is 11.0. The molecular weight excluding hydrogens is 351 g/mol. The predicted molar refractivity (Wildman–Crippen MR) is 79.0 cm³/mol. The maximum Gasteiger partial charge on any atom is 0.321 e. The van der Waals surface area contributed by atoms with E-state index in [4.69, 9.17) is 32.5 Å². The van der Waals surface area contributed by atoms with Crippen molar-refractivity contribution < 1.29 is 18.0 Å². The number of alkyl halides is 2. The lowest BCUT2D eigenvalue weighted by Gasteiger charge is -2.09. The maximum atomic E-state index is 12.7. The second-order valence-electron chi connectivity index (χ2n) is 4.32. The van der Waals surface area contributed by atoms with Crippen LogP contribution in [0.2, 0.25) is 10.0 Å². The molecule has 3 aromatic rings. The average molecular weight is 358 g/mol. The minimum Gasteiger partial charge on any atom is -0.423 e. The third-order valence-electron chi connectivity index (χ3n) is 2.77. The summed E-state index contributed by atoms with van der Waals surface area (Å²) in [6, 6.07) is 5.88. The highest BCUT2D eigenvalue weighted by Gasteiger charge is 2.20. The molecule has 0 saturated heterocycles. The summed E-state index contributed by atoms with van der Waals surface area (Å²) in [4.78, 5) is 7.79. The molecule has 2 aromatic heterocycles. The summed E-state index contributed by atoms with van der Waals surface area (Å²) < 4.78 is 35.8. The topological polar surface area (TPSA) is 61.0 Å². The first-order valence-electron chi connectivity index (χ1n) is 6.23. The summed E-state index contributed by atoms with van der Waals surface area (Å²) in [6.45, 7) is 0. The largest absolute Gasteiger partial charge is 0.423 e. The maximum absolute atomic E-state index is 12.7. The molecular formula is C14H7Cl2F2N3O2. The molecule has 0 saturated carbocycles. The zero-order valence-electron chi connectivity index (χ0n) is 11.2. The van der Waals surface area contributed by atoms with Gasteiger partial charge in [0.1, 0.15) is 11.4 Å². The first-order chi connectivity index (χ1) is 11.0. The predicted octanol–water partition coefficient (Wildman–Crippen LogP) is 5.17. The molecule has 0 aliphatic heterocycles. The number of nitrogens with zero attached hydrogens (tertiary/aromatic N) is 3. The summed E-state index contributed by atoms with van der Waals surface area (Å²) in [5, 5.41) is 3.90. The molecule has 0 atom stereocenters. The molecule has 2 heterocycles. The zero-order valence-corrected chi connectivity index (χ0v) is 12.7. The van der Waals surface area contributed by atoms with Crippen molar-refractivity contribution in [2.75, 3.05) is 0 Å². The number of hydrogen-bond acceptors (Lipinski definition) is 5. The zero-order chi connectivity index (χ0) is 16.4. The van der Waals surface area contributed by atoms with Gasteiger partial charge in [0.15, 0.2) is 5.76 Å². The summed E-state index contributed by atoms with van der Waals surface area (Å²) in [6.07, 6.45) is -0.0338. The van der Waals surface area contributed by atoms with E-state index in [1.807, 2.05) is 0 Å². The van der Waals surface area contributed by atoms with Gasteiger partial charge in [-0.1, -0.05) is 34.4 Å². The quantitative estimate of drug-likeness (QED) is 0.644. The van der Waals surface area contributed by atoms with Crippen LogP contribution < -0.4 is 4.74 Å². The van der Waals surface area contributed by atoms with Crippen molar-refractivity contribution in [3.63, 3.8) is 0 Å². The van der Waals surface area contributed by atoms with Crippen LogP contribution >= 0.6 is 23.2 Å². The van der Waals surface area contributed by atoms with Crippen molar-refractivity contribution in [1.82, 2.24) is 15.1 Å². The van der Waals surface area contributed by atoms with Crippen LogP contribution in [0.5, 0.6) is 11.8 Å². The van der Waals surface area contributed by atoms with Gasteiger partial charge in [-0.3, -0.25) is 0 Å². The molecule has 1 aromatic carbocycles. The van der Waals surface area contributed by atoms with Crippen LogP contribution in [0.3, 0.4) is 0 Å². The van der Waals surface area contributed by atoms with E-state index in [9.17, 15) is 8.78 Å². The highest BCUT2D eigenvalue weighted by atomic mass is 35.5. The van der Waals surface area contributed by atoms with E-state index < -0.39 is 12.1 Å². The Morgan fingerprint density at radius 2 is 1.87 bits per heavy atom. The Kier molecular flexibility index (Phi) is 4.40. The Bertz CT molecular complexity index is 825. The number of benzene rings is 1. The highest BCUT2D eigenvalue weighted by molar-refractivity contribution is 6.33. The van der Waals surface area contributed by atoms with E-state index in [1.54, 1.807) is 18.2 Å². The van der Waals surface area contributed by atoms with Gasteiger partial charge in [0.25, 0.3) is 6.43 Å². The second-order valence-corrected chi connectivity index (χ2v) is 5.16. The summed E-state index contributed by atoms with van der Waals surface area (Å²) >= 11 is 11.8. The fraction of sp³-hybridized carbons (Fsp3) is 0.0714. The number of ether oxygens (including phenoxy) is 1. The van der Waals surface area contributed by atoms with Gasteiger partial charge in [-0.2, -0.15) is 0 Å². The summed E-state index contributed by atoms with van der Waals surface area (Å²) in [7, 11) is 0. The molecule has 0 aliphatic carbocycles. The molecule has 0 radical (unpaired) electrons. The molecule has 23 heavy (non-hydrogen) atoms. The number of rotatable bonds is 4. The molecule has 118 valence electrons. The van der Waals surface area contributed by atoms with Crippen molar-refractivity contribution in [3.05, 3.63) is 52.4 Å². The smallest absolute Gasteiger partial charge is 0.321 e. The molecule has 0 fully saturated rings. The van der Waals surface area contributed by atoms with E-state index in [0.29, 0.717) is 5.02 Å². The van der Waals surface area contributed by atoms with Gasteiger partial charge in [-0.05, 0) is 12.1 Å². The molecule has 9 heteroatoms. The average Bonchev–Trinajstić information content (AvgIpc) is 2.99. The highest BCUT2D eigenvalue weighted by Crippen LogP contribution is 2.39. The Labute approximate surface area is 138 Å². The van der Waals surface area contributed by atoms with Crippen LogP contribution in [-0.2, 0) is 0 Å². The van der Waals surface area contributed by atoms with Crippen LogP contribution in [0, 0.1) is 0 Å². The fourth-order valence-corrected chi connectivity index (χ4v) is 2.15. The van der Waals surface area contributed by atoms with Gasteiger partial charge in [0.2, 0.25) is 0 Å². The number of aromatic nitrogens is 3. The Hall–Kier alpha value is -2.25. The van der Waals surface area contributed by atoms with Crippen LogP contribution in [0.1, 0.15) is 12.1 Å². The monoisotopic (exact) mass is 357 g/mol. The molecule has 0 unspecified atom stereocenters. The molecule has 0 N–H and O–H groups in total. The van der Waals surface area contributed by atoms with Gasteiger partial charge >= 0.3 is 6.01 Å². The molecule has 0 spiro atoms. The van der Waals surface area contributed by atoms with E-state index in [-0.39, 0.29) is 28.1 Å². The minimum absolute atomic E-state index is 0.0199. The Morgan fingerprint density at radius 1 is 1.13 bits per heavy atom. The van der Waals surface area contributed by atoms with Gasteiger partial charge < -0.3 is 9.26 Å². The van der Waals surface area contributed by atoms with Crippen LogP contribution in [0.25, 0.3) is 11.3 Å².